The Morgan fingerprint density at radius 3 is 1.32 bits per heavy atom. The first kappa shape index (κ1) is 23.9. The fraction of sp³-hybridized carbons (Fsp3) is 0.100. The van der Waals surface area contributed by atoms with E-state index in [-0.39, 0.29) is 0 Å². The quantitative estimate of drug-likeness (QED) is 0.189. The van der Waals surface area contributed by atoms with Crippen LogP contribution >= 0.6 is 0 Å². The molecule has 1 saturated heterocycles. The average molecular weight is 602 g/mol. The van der Waals surface area contributed by atoms with Gasteiger partial charge in [0.2, 0.25) is 0 Å². The van der Waals surface area contributed by atoms with Gasteiger partial charge in [-0.05, 0) is 0 Å². The van der Waals surface area contributed by atoms with Gasteiger partial charge in [-0.1, -0.05) is 0 Å². The Morgan fingerprint density at radius 1 is 0.415 bits per heavy atom. The van der Waals surface area contributed by atoms with Gasteiger partial charge in [-0.25, -0.2) is 0 Å². The third-order valence-corrected chi connectivity index (χ3v) is 22.8. The molecule has 2 aliphatic carbocycles. The van der Waals surface area contributed by atoms with E-state index in [4.69, 9.17) is 0 Å². The van der Waals surface area contributed by atoms with E-state index in [1.807, 2.05) is 0 Å². The van der Waals surface area contributed by atoms with E-state index in [2.05, 4.69) is 146 Å². The van der Waals surface area contributed by atoms with E-state index >= 15 is 0 Å². The first-order chi connectivity index (χ1) is 20.3. The predicted molar refractivity (Wildman–Crippen MR) is 172 cm³/mol. The molecule has 0 N–H and O–H groups in total. The second-order valence-corrected chi connectivity index (χ2v) is 23.5. The molecule has 1 heterocycles. The maximum absolute atomic E-state index is 2.93. The van der Waals surface area contributed by atoms with Crippen molar-refractivity contribution in [3.8, 4) is 0 Å². The molecule has 1 fully saturated rings. The molecule has 0 amide bonds. The van der Waals surface area contributed by atoms with Crippen molar-refractivity contribution >= 4 is 44.8 Å². The van der Waals surface area contributed by atoms with E-state index in [0.29, 0.717) is 7.25 Å². The third-order valence-electron chi connectivity index (χ3n) is 10.0. The zero-order valence-electron chi connectivity index (χ0n) is 22.9. The minimum absolute atomic E-state index is 0.556. The normalized spacial score (nSPS) is 20.0. The van der Waals surface area contributed by atoms with E-state index in [1.54, 1.807) is 22.3 Å². The van der Waals surface area contributed by atoms with Crippen LogP contribution in [0.15, 0.2) is 133 Å². The van der Waals surface area contributed by atoms with Crippen molar-refractivity contribution in [3.05, 3.63) is 167 Å². The molecule has 0 radical (unpaired) electrons. The number of hydrogen-bond donors (Lipinski definition) is 0. The Kier molecular flexibility index (Phi) is 5.30. The molecule has 0 aromatic heterocycles. The summed E-state index contributed by atoms with van der Waals surface area (Å²) in [7, 11) is 0. The summed E-state index contributed by atoms with van der Waals surface area (Å²) in [6.45, 7) is 0. The number of rotatable bonds is 4. The number of hydrogen-bond acceptors (Lipinski definition) is 0. The van der Waals surface area contributed by atoms with Crippen molar-refractivity contribution in [2.75, 3.05) is 0 Å². The molecule has 3 aliphatic rings. The van der Waals surface area contributed by atoms with Crippen LogP contribution in [0, 0.1) is 0 Å². The molecule has 2 atom stereocenters. The van der Waals surface area contributed by atoms with Gasteiger partial charge in [0.25, 0.3) is 0 Å². The Bertz CT molecular complexity index is 1920. The van der Waals surface area contributed by atoms with Gasteiger partial charge in [0.15, 0.2) is 0 Å². The Morgan fingerprint density at radius 2 is 0.829 bits per heavy atom. The first-order valence-corrected chi connectivity index (χ1v) is 21.2. The zero-order valence-corrected chi connectivity index (χ0v) is 25.4. The molecule has 0 bridgehead atoms. The molecule has 0 nitrogen and oxygen atoms in total. The Balaban J connectivity index is 1.28. The van der Waals surface area contributed by atoms with Crippen molar-refractivity contribution < 1.29 is 20.3 Å². The Labute approximate surface area is 246 Å². The number of benzene rings is 6. The van der Waals surface area contributed by atoms with Crippen molar-refractivity contribution in [1.29, 1.82) is 0 Å². The van der Waals surface area contributed by atoms with Crippen LogP contribution in [0.1, 0.15) is 40.6 Å². The third kappa shape index (κ3) is 3.55. The topological polar surface area (TPSA) is 0 Å². The van der Waals surface area contributed by atoms with E-state index in [1.165, 1.54) is 52.1 Å². The summed E-state index contributed by atoms with van der Waals surface area (Å²) in [6, 6.07) is 50.4. The van der Waals surface area contributed by atoms with E-state index < -0.39 is 20.3 Å². The van der Waals surface area contributed by atoms with Crippen molar-refractivity contribution in [2.24, 2.45) is 0 Å². The van der Waals surface area contributed by atoms with Crippen LogP contribution in [0.5, 0.6) is 0 Å². The predicted octanol–water partition coefficient (Wildman–Crippen LogP) is 10.9. The van der Waals surface area contributed by atoms with Gasteiger partial charge in [-0.2, -0.15) is 0 Å². The second-order valence-electron chi connectivity index (χ2n) is 12.1. The molecule has 0 saturated carbocycles. The monoisotopic (exact) mass is 600 g/mol. The van der Waals surface area contributed by atoms with Gasteiger partial charge < -0.3 is 0 Å². The molecule has 1 aliphatic heterocycles. The van der Waals surface area contributed by atoms with Crippen LogP contribution in [-0.4, -0.2) is 0 Å². The summed E-state index contributed by atoms with van der Waals surface area (Å²) in [5.41, 5.74) is 12.1. The van der Waals surface area contributed by atoms with E-state index in [9.17, 15) is 0 Å². The van der Waals surface area contributed by atoms with Crippen LogP contribution in [0.3, 0.4) is 0 Å². The van der Waals surface area contributed by atoms with Gasteiger partial charge >= 0.3 is 247 Å². The van der Waals surface area contributed by atoms with Gasteiger partial charge in [-0.15, -0.1) is 0 Å². The summed E-state index contributed by atoms with van der Waals surface area (Å²) < 4.78 is 4.00. The number of fused-ring (bicyclic) bond motifs is 4. The summed E-state index contributed by atoms with van der Waals surface area (Å²) in [6.07, 6.45) is 5.11. The van der Waals surface area contributed by atoms with Crippen LogP contribution in [0.2, 0.25) is 8.26 Å². The fourth-order valence-corrected chi connectivity index (χ4v) is 25.3. The van der Waals surface area contributed by atoms with Crippen molar-refractivity contribution in [1.82, 2.24) is 0 Å². The fourth-order valence-electron chi connectivity index (χ4n) is 8.20. The first-order valence-electron chi connectivity index (χ1n) is 14.9. The Hall–Kier alpha value is -3.80. The maximum atomic E-state index is 2.56. The molecular weight excluding hydrogens is 572 g/mol. The second kappa shape index (κ2) is 9.10. The van der Waals surface area contributed by atoms with Crippen LogP contribution < -0.4 is 0 Å². The molecular formula is C40H30Zr. The summed E-state index contributed by atoms with van der Waals surface area (Å²) in [5, 5.41) is 5.45. The van der Waals surface area contributed by atoms with E-state index in [0.717, 1.165) is 0 Å². The van der Waals surface area contributed by atoms with Crippen molar-refractivity contribution in [2.45, 2.75) is 15.5 Å². The molecule has 41 heavy (non-hydrogen) atoms. The summed E-state index contributed by atoms with van der Waals surface area (Å²) >= 11 is -2.93. The molecule has 1 heteroatoms. The van der Waals surface area contributed by atoms with Gasteiger partial charge in [0.1, 0.15) is 0 Å². The molecule has 9 rings (SSSR count). The standard InChI is InChI=1S/2C19H13.C2H4.Zr/c2*1-2-8-16-13-17(12-15(16)7-1)19-11-5-9-14-6-3-4-10-18(14)19;1-2;/h2*1-13H;1-2H2;. The van der Waals surface area contributed by atoms with Gasteiger partial charge in [-0.3, -0.25) is 0 Å². The minimum atomic E-state index is -2.93. The SMILES string of the molecule is C1=C(c2cccc3ccccc23)[CH]([Zr]2([CH]3C(c4cccc5ccccc45)=Cc4ccccc43)[CH2][CH2]2)c2ccccc21. The zero-order chi connectivity index (χ0) is 27.0. The van der Waals surface area contributed by atoms with Crippen LogP contribution in [0.25, 0.3) is 44.8 Å². The van der Waals surface area contributed by atoms with Crippen molar-refractivity contribution in [3.63, 3.8) is 0 Å². The molecule has 0 spiro atoms. The van der Waals surface area contributed by atoms with Gasteiger partial charge in [0, 0.05) is 0 Å². The van der Waals surface area contributed by atoms with Crippen LogP contribution in [0.4, 0.5) is 0 Å². The molecule has 2 unspecified atom stereocenters. The molecule has 6 aromatic rings. The summed E-state index contributed by atoms with van der Waals surface area (Å²) in [4.78, 5) is 0. The molecule has 6 aromatic carbocycles. The summed E-state index contributed by atoms with van der Waals surface area (Å²) in [5.74, 6) is 0. The van der Waals surface area contributed by atoms with Crippen LogP contribution in [-0.2, 0) is 20.3 Å². The molecule has 194 valence electrons. The average Bonchev–Trinajstić information content (AvgIpc) is 3.56. The van der Waals surface area contributed by atoms with Gasteiger partial charge in [0.05, 0.1) is 0 Å². The number of allylic oxidation sites excluding steroid dienone is 2.